The number of aliphatic hydroxyl groups is 1. The Morgan fingerprint density at radius 3 is 2.64 bits per heavy atom. The summed E-state index contributed by atoms with van der Waals surface area (Å²) in [6.45, 7) is 3.02. The van der Waals surface area contributed by atoms with E-state index in [9.17, 15) is 9.90 Å². The van der Waals surface area contributed by atoms with E-state index in [0.29, 0.717) is 25.2 Å². The molecule has 4 rings (SSSR count). The zero-order valence-corrected chi connectivity index (χ0v) is 14.3. The fourth-order valence-electron chi connectivity index (χ4n) is 4.18. The molecular formula is C19H24N4O2. The molecular weight excluding hydrogens is 316 g/mol. The third-order valence-corrected chi connectivity index (χ3v) is 5.58. The standard InChI is InChI=1S/C19H24N4O2/c24-18(16-12-20-14-21-16)23-11-8-19(25,15-6-2-1-3-7-15)17(13-23)22-9-4-5-10-22/h1-3,6-7,12,14,17,25H,4-5,8-11,13H2,(H,20,21)/t17-,19+/m1/s1. The minimum absolute atomic E-state index is 0.0446. The number of likely N-dealkylation sites (tertiary alicyclic amines) is 2. The molecule has 2 aromatic rings. The number of H-pyrrole nitrogens is 1. The minimum atomic E-state index is -0.920. The number of carbonyl (C=O) groups excluding carboxylic acids is 1. The molecule has 3 heterocycles. The van der Waals surface area contributed by atoms with Crippen LogP contribution in [0.4, 0.5) is 0 Å². The molecule has 6 heteroatoms. The monoisotopic (exact) mass is 340 g/mol. The molecule has 132 valence electrons. The molecule has 0 bridgehead atoms. The van der Waals surface area contributed by atoms with Gasteiger partial charge in [-0.05, 0) is 37.9 Å². The maximum absolute atomic E-state index is 12.7. The zero-order valence-electron chi connectivity index (χ0n) is 14.3. The number of rotatable bonds is 3. The summed E-state index contributed by atoms with van der Waals surface area (Å²) >= 11 is 0. The Balaban J connectivity index is 1.62. The second kappa shape index (κ2) is 6.61. The van der Waals surface area contributed by atoms with Crippen LogP contribution in [0.2, 0.25) is 0 Å². The van der Waals surface area contributed by atoms with Crippen LogP contribution in [0.15, 0.2) is 42.9 Å². The highest BCUT2D eigenvalue weighted by Gasteiger charge is 2.47. The van der Waals surface area contributed by atoms with Crippen LogP contribution in [0.25, 0.3) is 0 Å². The number of hydrogen-bond donors (Lipinski definition) is 2. The molecule has 0 spiro atoms. The highest BCUT2D eigenvalue weighted by Crippen LogP contribution is 2.37. The summed E-state index contributed by atoms with van der Waals surface area (Å²) in [6, 6.07) is 9.81. The Morgan fingerprint density at radius 2 is 1.96 bits per heavy atom. The zero-order chi connectivity index (χ0) is 17.3. The molecule has 0 unspecified atom stereocenters. The number of piperidine rings is 1. The van der Waals surface area contributed by atoms with Gasteiger partial charge in [-0.15, -0.1) is 0 Å². The van der Waals surface area contributed by atoms with Crippen molar-refractivity contribution in [2.45, 2.75) is 30.9 Å². The van der Waals surface area contributed by atoms with Gasteiger partial charge in [0.05, 0.1) is 18.6 Å². The van der Waals surface area contributed by atoms with Crippen LogP contribution in [0.1, 0.15) is 35.3 Å². The van der Waals surface area contributed by atoms with E-state index in [4.69, 9.17) is 0 Å². The normalized spacial score (nSPS) is 27.6. The number of benzene rings is 1. The first-order valence-electron chi connectivity index (χ1n) is 8.98. The molecule has 2 aliphatic heterocycles. The summed E-state index contributed by atoms with van der Waals surface area (Å²) < 4.78 is 0. The fourth-order valence-corrected chi connectivity index (χ4v) is 4.18. The van der Waals surface area contributed by atoms with Gasteiger partial charge in [-0.2, -0.15) is 0 Å². The molecule has 1 aromatic heterocycles. The molecule has 2 saturated heterocycles. The van der Waals surface area contributed by atoms with Crippen LogP contribution in [-0.2, 0) is 5.60 Å². The molecule has 2 fully saturated rings. The van der Waals surface area contributed by atoms with Gasteiger partial charge in [-0.25, -0.2) is 4.98 Å². The van der Waals surface area contributed by atoms with Crippen molar-refractivity contribution in [1.29, 1.82) is 0 Å². The van der Waals surface area contributed by atoms with Crippen LogP contribution < -0.4 is 0 Å². The molecule has 2 aliphatic rings. The first-order valence-corrected chi connectivity index (χ1v) is 8.98. The van der Waals surface area contributed by atoms with Crippen molar-refractivity contribution in [1.82, 2.24) is 19.8 Å². The molecule has 0 aliphatic carbocycles. The molecule has 0 saturated carbocycles. The van der Waals surface area contributed by atoms with Gasteiger partial charge in [-0.3, -0.25) is 9.69 Å². The van der Waals surface area contributed by atoms with E-state index in [1.807, 2.05) is 35.2 Å². The summed E-state index contributed by atoms with van der Waals surface area (Å²) in [5.74, 6) is -0.0446. The maximum atomic E-state index is 12.7. The van der Waals surface area contributed by atoms with E-state index in [1.54, 1.807) is 6.20 Å². The number of aromatic amines is 1. The number of imidazole rings is 1. The highest BCUT2D eigenvalue weighted by molar-refractivity contribution is 5.92. The molecule has 2 N–H and O–H groups in total. The molecule has 6 nitrogen and oxygen atoms in total. The molecule has 0 radical (unpaired) electrons. The van der Waals surface area contributed by atoms with Gasteiger partial charge >= 0.3 is 0 Å². The lowest BCUT2D eigenvalue weighted by molar-refractivity contribution is -0.0878. The lowest BCUT2D eigenvalue weighted by Gasteiger charge is -2.48. The Morgan fingerprint density at radius 1 is 1.20 bits per heavy atom. The topological polar surface area (TPSA) is 72.5 Å². The van der Waals surface area contributed by atoms with Gasteiger partial charge in [0, 0.05) is 13.1 Å². The molecule has 2 atom stereocenters. The van der Waals surface area contributed by atoms with E-state index in [2.05, 4.69) is 14.9 Å². The lowest BCUT2D eigenvalue weighted by Crippen LogP contribution is -2.61. The fraction of sp³-hybridized carbons (Fsp3) is 0.474. The smallest absolute Gasteiger partial charge is 0.271 e. The SMILES string of the molecule is O=C(c1cnc[nH]1)N1CC[C@](O)(c2ccccc2)[C@H](N2CCCC2)C1. The first-order chi connectivity index (χ1) is 12.2. The summed E-state index contributed by atoms with van der Waals surface area (Å²) in [5, 5.41) is 11.6. The number of nitrogens with one attached hydrogen (secondary N) is 1. The Hall–Kier alpha value is -2.18. The maximum Gasteiger partial charge on any atom is 0.271 e. The van der Waals surface area contributed by atoms with Gasteiger partial charge in [-0.1, -0.05) is 30.3 Å². The van der Waals surface area contributed by atoms with Crippen LogP contribution in [-0.4, -0.2) is 63.0 Å². The number of amides is 1. The third-order valence-electron chi connectivity index (χ3n) is 5.58. The Kier molecular flexibility index (Phi) is 4.31. The Labute approximate surface area is 147 Å². The largest absolute Gasteiger partial charge is 0.383 e. The second-order valence-corrected chi connectivity index (χ2v) is 7.02. The van der Waals surface area contributed by atoms with Gasteiger partial charge in [0.25, 0.3) is 5.91 Å². The lowest BCUT2D eigenvalue weighted by atomic mass is 9.79. The average molecular weight is 340 g/mol. The predicted octanol–water partition coefficient (Wildman–Crippen LogP) is 1.61. The molecule has 1 aromatic carbocycles. The van der Waals surface area contributed by atoms with Crippen molar-refractivity contribution >= 4 is 5.91 Å². The number of hydrogen-bond acceptors (Lipinski definition) is 4. The number of aromatic nitrogens is 2. The van der Waals surface area contributed by atoms with Crippen molar-refractivity contribution < 1.29 is 9.90 Å². The van der Waals surface area contributed by atoms with Crippen LogP contribution >= 0.6 is 0 Å². The van der Waals surface area contributed by atoms with Crippen molar-refractivity contribution in [3.8, 4) is 0 Å². The van der Waals surface area contributed by atoms with E-state index >= 15 is 0 Å². The Bertz CT molecular complexity index is 712. The third kappa shape index (κ3) is 2.96. The minimum Gasteiger partial charge on any atom is -0.383 e. The van der Waals surface area contributed by atoms with Gasteiger partial charge in [0.15, 0.2) is 0 Å². The summed E-state index contributed by atoms with van der Waals surface area (Å²) in [5.41, 5.74) is 0.530. The summed E-state index contributed by atoms with van der Waals surface area (Å²) in [4.78, 5) is 23.8. The van der Waals surface area contributed by atoms with Gasteiger partial charge in [0.2, 0.25) is 0 Å². The van der Waals surface area contributed by atoms with Gasteiger partial charge < -0.3 is 15.0 Å². The highest BCUT2D eigenvalue weighted by atomic mass is 16.3. The van der Waals surface area contributed by atoms with E-state index < -0.39 is 5.60 Å². The summed E-state index contributed by atoms with van der Waals surface area (Å²) in [7, 11) is 0. The number of carbonyl (C=O) groups is 1. The van der Waals surface area contributed by atoms with Crippen LogP contribution in [0, 0.1) is 0 Å². The van der Waals surface area contributed by atoms with Crippen molar-refractivity contribution in [2.75, 3.05) is 26.2 Å². The molecule has 25 heavy (non-hydrogen) atoms. The first kappa shape index (κ1) is 16.3. The van der Waals surface area contributed by atoms with E-state index in [-0.39, 0.29) is 11.9 Å². The van der Waals surface area contributed by atoms with Crippen LogP contribution in [0.5, 0.6) is 0 Å². The van der Waals surface area contributed by atoms with Crippen molar-refractivity contribution in [3.05, 3.63) is 54.1 Å². The van der Waals surface area contributed by atoms with Crippen molar-refractivity contribution in [2.24, 2.45) is 0 Å². The number of nitrogens with zero attached hydrogens (tertiary/aromatic N) is 3. The van der Waals surface area contributed by atoms with E-state index in [1.165, 1.54) is 6.33 Å². The van der Waals surface area contributed by atoms with E-state index in [0.717, 1.165) is 31.5 Å². The predicted molar refractivity (Wildman–Crippen MR) is 94.0 cm³/mol. The average Bonchev–Trinajstić information content (AvgIpc) is 3.36. The van der Waals surface area contributed by atoms with Crippen LogP contribution in [0.3, 0.4) is 0 Å². The summed E-state index contributed by atoms with van der Waals surface area (Å²) in [6.07, 6.45) is 5.92. The molecule has 1 amide bonds. The van der Waals surface area contributed by atoms with Crippen molar-refractivity contribution in [3.63, 3.8) is 0 Å². The van der Waals surface area contributed by atoms with Gasteiger partial charge in [0.1, 0.15) is 11.3 Å². The second-order valence-electron chi connectivity index (χ2n) is 7.02. The quantitative estimate of drug-likeness (QED) is 0.890.